The van der Waals surface area contributed by atoms with Crippen molar-refractivity contribution in [3.05, 3.63) is 65.2 Å². The molecule has 0 unspecified atom stereocenters. The van der Waals surface area contributed by atoms with E-state index in [1.807, 2.05) is 31.3 Å². The van der Waals surface area contributed by atoms with Gasteiger partial charge in [-0.2, -0.15) is 0 Å². The van der Waals surface area contributed by atoms with E-state index in [9.17, 15) is 8.78 Å². The molecule has 0 bridgehead atoms. The predicted octanol–water partition coefficient (Wildman–Crippen LogP) is 3.31. The highest BCUT2D eigenvalue weighted by Gasteiger charge is 2.05. The Kier molecular flexibility index (Phi) is 5.07. The number of benzene rings is 2. The van der Waals surface area contributed by atoms with Crippen molar-refractivity contribution in [1.82, 2.24) is 5.32 Å². The van der Waals surface area contributed by atoms with Crippen LogP contribution < -0.4 is 10.1 Å². The van der Waals surface area contributed by atoms with E-state index < -0.39 is 11.6 Å². The number of halogens is 2. The van der Waals surface area contributed by atoms with Crippen molar-refractivity contribution in [3.63, 3.8) is 0 Å². The second-order valence-corrected chi connectivity index (χ2v) is 4.49. The lowest BCUT2D eigenvalue weighted by atomic mass is 10.1. The molecule has 1 N–H and O–H groups in total. The van der Waals surface area contributed by atoms with Crippen LogP contribution in [-0.4, -0.2) is 13.6 Å². The minimum absolute atomic E-state index is 0.326. The van der Waals surface area contributed by atoms with E-state index in [-0.39, 0.29) is 0 Å². The standard InChI is InChI=1S/C16H17F2NO/c1-19-9-8-12-4-2-3-5-13(12)11-20-14-6-7-15(17)16(18)10-14/h2-7,10,19H,8-9,11H2,1H3. The fraction of sp³-hybridized carbons (Fsp3) is 0.250. The summed E-state index contributed by atoms with van der Waals surface area (Å²) in [4.78, 5) is 0. The number of ether oxygens (including phenoxy) is 1. The normalized spacial score (nSPS) is 10.6. The van der Waals surface area contributed by atoms with Crippen LogP contribution in [0.5, 0.6) is 5.75 Å². The Morgan fingerprint density at radius 2 is 1.75 bits per heavy atom. The van der Waals surface area contributed by atoms with Crippen molar-refractivity contribution in [2.24, 2.45) is 0 Å². The first-order chi connectivity index (χ1) is 9.70. The van der Waals surface area contributed by atoms with Crippen LogP contribution in [0.2, 0.25) is 0 Å². The summed E-state index contributed by atoms with van der Waals surface area (Å²) in [7, 11) is 1.90. The van der Waals surface area contributed by atoms with Crippen molar-refractivity contribution in [2.75, 3.05) is 13.6 Å². The number of rotatable bonds is 6. The van der Waals surface area contributed by atoms with E-state index in [0.717, 1.165) is 30.7 Å². The van der Waals surface area contributed by atoms with Crippen LogP contribution in [0.25, 0.3) is 0 Å². The van der Waals surface area contributed by atoms with Crippen LogP contribution in [-0.2, 0) is 13.0 Å². The molecule has 2 nitrogen and oxygen atoms in total. The average Bonchev–Trinajstić information content (AvgIpc) is 2.47. The van der Waals surface area contributed by atoms with E-state index >= 15 is 0 Å². The summed E-state index contributed by atoms with van der Waals surface area (Å²) in [6.07, 6.45) is 0.897. The Morgan fingerprint density at radius 3 is 2.45 bits per heavy atom. The zero-order valence-corrected chi connectivity index (χ0v) is 11.3. The second-order valence-electron chi connectivity index (χ2n) is 4.49. The Bertz CT molecular complexity index is 572. The number of hydrogen-bond acceptors (Lipinski definition) is 2. The van der Waals surface area contributed by atoms with Gasteiger partial charge in [-0.15, -0.1) is 0 Å². The van der Waals surface area contributed by atoms with Crippen molar-refractivity contribution in [3.8, 4) is 5.75 Å². The van der Waals surface area contributed by atoms with E-state index in [2.05, 4.69) is 5.32 Å². The zero-order valence-electron chi connectivity index (χ0n) is 11.3. The van der Waals surface area contributed by atoms with Gasteiger partial charge in [-0.25, -0.2) is 8.78 Å². The largest absolute Gasteiger partial charge is 0.489 e. The first-order valence-electron chi connectivity index (χ1n) is 6.50. The Morgan fingerprint density at radius 1 is 1.00 bits per heavy atom. The van der Waals surface area contributed by atoms with Crippen molar-refractivity contribution < 1.29 is 13.5 Å². The molecule has 0 saturated carbocycles. The van der Waals surface area contributed by atoms with Crippen LogP contribution >= 0.6 is 0 Å². The monoisotopic (exact) mass is 277 g/mol. The molecule has 2 aromatic rings. The summed E-state index contributed by atoms with van der Waals surface area (Å²) >= 11 is 0. The number of hydrogen-bond donors (Lipinski definition) is 1. The Labute approximate surface area is 117 Å². The van der Waals surface area contributed by atoms with Gasteiger partial charge in [-0.1, -0.05) is 24.3 Å². The molecule has 0 aliphatic heterocycles. The molecule has 2 aromatic carbocycles. The molecule has 0 aliphatic carbocycles. The van der Waals surface area contributed by atoms with Gasteiger partial charge in [0, 0.05) is 6.07 Å². The summed E-state index contributed by atoms with van der Waals surface area (Å²) in [6, 6.07) is 11.5. The average molecular weight is 277 g/mol. The topological polar surface area (TPSA) is 21.3 Å². The number of likely N-dealkylation sites (N-methyl/N-ethyl adjacent to an activating group) is 1. The lowest BCUT2D eigenvalue weighted by Gasteiger charge is -2.11. The SMILES string of the molecule is CNCCc1ccccc1COc1ccc(F)c(F)c1. The molecule has 106 valence electrons. The van der Waals surface area contributed by atoms with Crippen LogP contribution in [0.15, 0.2) is 42.5 Å². The van der Waals surface area contributed by atoms with Crippen LogP contribution in [0.4, 0.5) is 8.78 Å². The highest BCUT2D eigenvalue weighted by Crippen LogP contribution is 2.18. The predicted molar refractivity (Wildman–Crippen MR) is 74.8 cm³/mol. The molecule has 0 amide bonds. The first-order valence-corrected chi connectivity index (χ1v) is 6.50. The van der Waals surface area contributed by atoms with Crippen LogP contribution in [0.3, 0.4) is 0 Å². The highest BCUT2D eigenvalue weighted by atomic mass is 19.2. The van der Waals surface area contributed by atoms with E-state index in [0.29, 0.717) is 12.4 Å². The molecule has 4 heteroatoms. The molecule has 2 rings (SSSR count). The van der Waals surface area contributed by atoms with Crippen molar-refractivity contribution >= 4 is 0 Å². The molecule has 0 fully saturated rings. The molecule has 0 heterocycles. The molecule has 0 spiro atoms. The summed E-state index contributed by atoms with van der Waals surface area (Å²) in [5, 5.41) is 3.10. The fourth-order valence-electron chi connectivity index (χ4n) is 1.93. The summed E-state index contributed by atoms with van der Waals surface area (Å²) in [6.45, 7) is 1.22. The van der Waals surface area contributed by atoms with Gasteiger partial charge in [0.1, 0.15) is 12.4 Å². The second kappa shape index (κ2) is 7.01. The molecule has 0 saturated heterocycles. The molecular formula is C16H17F2NO. The Hall–Kier alpha value is -1.94. The zero-order chi connectivity index (χ0) is 14.4. The van der Waals surface area contributed by atoms with Crippen molar-refractivity contribution in [1.29, 1.82) is 0 Å². The minimum atomic E-state index is -0.897. The van der Waals surface area contributed by atoms with Crippen LogP contribution in [0, 0.1) is 11.6 Å². The molecule has 0 radical (unpaired) electrons. The third-order valence-electron chi connectivity index (χ3n) is 3.05. The van der Waals surface area contributed by atoms with Gasteiger partial charge in [-0.05, 0) is 43.3 Å². The van der Waals surface area contributed by atoms with E-state index in [1.54, 1.807) is 0 Å². The number of nitrogens with one attached hydrogen (secondary N) is 1. The minimum Gasteiger partial charge on any atom is -0.489 e. The highest BCUT2D eigenvalue weighted by molar-refractivity contribution is 5.29. The van der Waals surface area contributed by atoms with Crippen molar-refractivity contribution in [2.45, 2.75) is 13.0 Å². The third-order valence-corrected chi connectivity index (χ3v) is 3.05. The van der Waals surface area contributed by atoms with E-state index in [1.165, 1.54) is 11.6 Å². The smallest absolute Gasteiger partial charge is 0.162 e. The maximum atomic E-state index is 13.1. The van der Waals surface area contributed by atoms with Gasteiger partial charge in [0.15, 0.2) is 11.6 Å². The summed E-state index contributed by atoms with van der Waals surface area (Å²) in [5.74, 6) is -1.44. The summed E-state index contributed by atoms with van der Waals surface area (Å²) < 4.78 is 31.4. The van der Waals surface area contributed by atoms with Gasteiger partial charge >= 0.3 is 0 Å². The molecule has 0 atom stereocenters. The Balaban J connectivity index is 2.04. The van der Waals surface area contributed by atoms with Crippen LogP contribution in [0.1, 0.15) is 11.1 Å². The molecule has 20 heavy (non-hydrogen) atoms. The quantitative estimate of drug-likeness (QED) is 0.874. The van der Waals surface area contributed by atoms with E-state index in [4.69, 9.17) is 4.74 Å². The molecular weight excluding hydrogens is 260 g/mol. The molecule has 0 aliphatic rings. The van der Waals surface area contributed by atoms with Gasteiger partial charge in [0.05, 0.1) is 0 Å². The van der Waals surface area contributed by atoms with Gasteiger partial charge in [-0.3, -0.25) is 0 Å². The van der Waals surface area contributed by atoms with Gasteiger partial charge in [0.25, 0.3) is 0 Å². The third kappa shape index (κ3) is 3.78. The lowest BCUT2D eigenvalue weighted by molar-refractivity contribution is 0.302. The summed E-state index contributed by atoms with van der Waals surface area (Å²) in [5.41, 5.74) is 2.23. The molecule has 0 aromatic heterocycles. The lowest BCUT2D eigenvalue weighted by Crippen LogP contribution is -2.12. The van der Waals surface area contributed by atoms with Gasteiger partial charge < -0.3 is 10.1 Å². The maximum Gasteiger partial charge on any atom is 0.162 e. The van der Waals surface area contributed by atoms with Gasteiger partial charge in [0.2, 0.25) is 0 Å². The first kappa shape index (κ1) is 14.5. The fourth-order valence-corrected chi connectivity index (χ4v) is 1.93. The maximum absolute atomic E-state index is 13.1.